The lowest BCUT2D eigenvalue weighted by Crippen LogP contribution is -2.39. The van der Waals surface area contributed by atoms with Crippen LogP contribution in [0.3, 0.4) is 0 Å². The minimum atomic E-state index is 0.133. The number of rotatable bonds is 12. The Morgan fingerprint density at radius 2 is 2.15 bits per heavy atom. The molecule has 0 aliphatic carbocycles. The molecule has 3 aromatic rings. The molecule has 2 aromatic heterocycles. The fourth-order valence-corrected chi connectivity index (χ4v) is 3.85. The molecule has 0 radical (unpaired) electrons. The van der Waals surface area contributed by atoms with Crippen molar-refractivity contribution in [1.82, 2.24) is 25.2 Å². The number of benzene rings is 1. The fraction of sp³-hybridized carbons (Fsp3) is 0.364. The first-order chi connectivity index (χ1) is 15.9. The Morgan fingerprint density at radius 3 is 2.82 bits per heavy atom. The van der Waals surface area contributed by atoms with Gasteiger partial charge in [0.15, 0.2) is 27.8 Å². The van der Waals surface area contributed by atoms with E-state index in [4.69, 9.17) is 22.1 Å². The first-order valence-electron chi connectivity index (χ1n) is 10.7. The Labute approximate surface area is 197 Å². The lowest BCUT2D eigenvalue weighted by atomic mass is 10.3. The van der Waals surface area contributed by atoms with Gasteiger partial charge in [0, 0.05) is 13.1 Å². The highest BCUT2D eigenvalue weighted by Crippen LogP contribution is 2.24. The van der Waals surface area contributed by atoms with Gasteiger partial charge in [-0.3, -0.25) is 4.79 Å². The number of carbonyl (C=O) groups excluding carboxylic acids is 1. The van der Waals surface area contributed by atoms with E-state index >= 15 is 0 Å². The second-order valence-electron chi connectivity index (χ2n) is 7.15. The summed E-state index contributed by atoms with van der Waals surface area (Å²) in [5, 5.41) is 9.07. The number of nitrogens with two attached hydrogens (primary N) is 1. The van der Waals surface area contributed by atoms with Gasteiger partial charge in [0.2, 0.25) is 6.41 Å². The maximum Gasteiger partial charge on any atom is 0.277 e. The van der Waals surface area contributed by atoms with Crippen molar-refractivity contribution in [2.24, 2.45) is 0 Å². The molecule has 0 spiro atoms. The second-order valence-corrected chi connectivity index (χ2v) is 7.51. The first-order valence-corrected chi connectivity index (χ1v) is 11.1. The average Bonchev–Trinajstić information content (AvgIpc) is 3.13. The molecule has 176 valence electrons. The summed E-state index contributed by atoms with van der Waals surface area (Å²) in [5.74, 6) is 2.49. The molecule has 2 heterocycles. The summed E-state index contributed by atoms with van der Waals surface area (Å²) < 4.78 is 10.3. The van der Waals surface area contributed by atoms with Crippen molar-refractivity contribution in [3.05, 3.63) is 41.4 Å². The summed E-state index contributed by atoms with van der Waals surface area (Å²) in [7, 11) is 1.74. The third-order valence-corrected chi connectivity index (χ3v) is 5.52. The number of aryl methyl sites for hydroxylation is 2. The third kappa shape index (κ3) is 5.11. The summed E-state index contributed by atoms with van der Waals surface area (Å²) in [6.07, 6.45) is 0.662. The van der Waals surface area contributed by atoms with Crippen LogP contribution in [0.15, 0.2) is 24.8 Å². The van der Waals surface area contributed by atoms with Gasteiger partial charge < -0.3 is 26.4 Å². The average molecular weight is 474 g/mol. The molecular formula is C22H30ClN8O2+. The number of nitrogens with one attached hydrogen (secondary N) is 3. The number of ether oxygens (including phenoxy) is 1. The van der Waals surface area contributed by atoms with Crippen molar-refractivity contribution in [1.29, 1.82) is 0 Å². The number of fused-ring (bicyclic) bond motifs is 1. The molecule has 10 nitrogen and oxygen atoms in total. The van der Waals surface area contributed by atoms with Crippen LogP contribution in [0.2, 0.25) is 5.15 Å². The van der Waals surface area contributed by atoms with Crippen LogP contribution in [0, 0.1) is 0 Å². The number of amides is 1. The molecule has 0 bridgehead atoms. The van der Waals surface area contributed by atoms with Crippen LogP contribution in [0.5, 0.6) is 5.75 Å². The molecule has 0 aliphatic rings. The van der Waals surface area contributed by atoms with E-state index in [1.54, 1.807) is 7.05 Å². The number of nitrogens with zero attached hydrogens (tertiary/aromatic N) is 4. The zero-order valence-electron chi connectivity index (χ0n) is 19.1. The van der Waals surface area contributed by atoms with E-state index < -0.39 is 0 Å². The zero-order valence-corrected chi connectivity index (χ0v) is 19.9. The topological polar surface area (TPSA) is 123 Å². The minimum absolute atomic E-state index is 0.133. The van der Waals surface area contributed by atoms with Crippen molar-refractivity contribution < 1.29 is 14.1 Å². The Kier molecular flexibility index (Phi) is 7.94. The number of halogens is 1. The van der Waals surface area contributed by atoms with Gasteiger partial charge in [0.25, 0.3) is 5.82 Å². The van der Waals surface area contributed by atoms with E-state index in [1.807, 2.05) is 12.1 Å². The minimum Gasteiger partial charge on any atom is -0.492 e. The SMILES string of the molecule is C=C(NCc1n(CC)c2cc(OCCNC=O)ccc2[n+]1CC)c1nc(Cl)c(N)nc1NC. The van der Waals surface area contributed by atoms with E-state index in [9.17, 15) is 4.79 Å². The molecular weight excluding hydrogens is 444 g/mol. The van der Waals surface area contributed by atoms with Gasteiger partial charge in [-0.25, -0.2) is 19.1 Å². The molecule has 0 aliphatic heterocycles. The van der Waals surface area contributed by atoms with Crippen LogP contribution in [-0.2, 0) is 24.4 Å². The predicted octanol–water partition coefficient (Wildman–Crippen LogP) is 1.92. The summed E-state index contributed by atoms with van der Waals surface area (Å²) >= 11 is 6.08. The molecule has 1 aromatic carbocycles. The lowest BCUT2D eigenvalue weighted by Gasteiger charge is -2.13. The van der Waals surface area contributed by atoms with Crippen molar-refractivity contribution in [3.63, 3.8) is 0 Å². The Morgan fingerprint density at radius 1 is 1.36 bits per heavy atom. The molecule has 0 fully saturated rings. The highest BCUT2D eigenvalue weighted by atomic mass is 35.5. The number of hydrogen-bond acceptors (Lipinski definition) is 7. The molecule has 11 heteroatoms. The third-order valence-electron chi connectivity index (χ3n) is 5.24. The van der Waals surface area contributed by atoms with Crippen LogP contribution < -0.4 is 31.0 Å². The van der Waals surface area contributed by atoms with Gasteiger partial charge in [0.1, 0.15) is 24.6 Å². The summed E-state index contributed by atoms with van der Waals surface area (Å²) in [6, 6.07) is 6.02. The Hall–Kier alpha value is -3.53. The van der Waals surface area contributed by atoms with Crippen LogP contribution in [0.4, 0.5) is 11.6 Å². The predicted molar refractivity (Wildman–Crippen MR) is 130 cm³/mol. The van der Waals surface area contributed by atoms with E-state index in [1.165, 1.54) is 0 Å². The summed E-state index contributed by atoms with van der Waals surface area (Å²) in [6.45, 7) is 11.3. The standard InChI is InChI=1S/C22H29ClN8O2/c1-5-30-16-8-7-15(33-10-9-26-13-32)11-17(16)31(6-2)18(30)12-27-14(3)19-22(25-4)29-21(24)20(23)28-19/h7-8,11,13,27H,3,5-6,9-10,12H2,1-2,4H3,(H3-,24,25,26,29,32)/p+1. The van der Waals surface area contributed by atoms with Crippen LogP contribution in [0.1, 0.15) is 25.4 Å². The maximum atomic E-state index is 10.4. The van der Waals surface area contributed by atoms with E-state index in [0.29, 0.717) is 43.3 Å². The number of hydrogen-bond donors (Lipinski definition) is 4. The van der Waals surface area contributed by atoms with E-state index in [2.05, 4.69) is 61.5 Å². The van der Waals surface area contributed by atoms with Gasteiger partial charge in [0.05, 0.1) is 25.3 Å². The Balaban J connectivity index is 1.88. The highest BCUT2D eigenvalue weighted by molar-refractivity contribution is 6.31. The number of nitrogen functional groups attached to an aromatic ring is 1. The van der Waals surface area contributed by atoms with Gasteiger partial charge in [-0.05, 0) is 26.0 Å². The van der Waals surface area contributed by atoms with E-state index in [-0.39, 0.29) is 11.0 Å². The van der Waals surface area contributed by atoms with Gasteiger partial charge in [-0.1, -0.05) is 18.2 Å². The smallest absolute Gasteiger partial charge is 0.277 e. The second kappa shape index (κ2) is 10.9. The number of imidazole rings is 1. The largest absolute Gasteiger partial charge is 0.492 e. The highest BCUT2D eigenvalue weighted by Gasteiger charge is 2.24. The summed E-state index contributed by atoms with van der Waals surface area (Å²) in [4.78, 5) is 19.0. The van der Waals surface area contributed by atoms with Crippen LogP contribution in [0.25, 0.3) is 16.7 Å². The molecule has 33 heavy (non-hydrogen) atoms. The van der Waals surface area contributed by atoms with Crippen LogP contribution in [-0.4, -0.2) is 41.1 Å². The Bertz CT molecular complexity index is 1160. The zero-order chi connectivity index (χ0) is 24.0. The molecule has 0 saturated heterocycles. The molecule has 0 unspecified atom stereocenters. The first kappa shape index (κ1) is 24.1. The molecule has 3 rings (SSSR count). The quantitative estimate of drug-likeness (QED) is 0.180. The maximum absolute atomic E-state index is 10.4. The number of anilines is 2. The molecule has 5 N–H and O–H groups in total. The molecule has 0 atom stereocenters. The normalized spacial score (nSPS) is 10.8. The van der Waals surface area contributed by atoms with Gasteiger partial charge >= 0.3 is 0 Å². The number of aromatic nitrogens is 4. The molecule has 1 amide bonds. The number of carbonyl (C=O) groups is 1. The van der Waals surface area contributed by atoms with Gasteiger partial charge in [-0.15, -0.1) is 0 Å². The monoisotopic (exact) mass is 473 g/mol. The fourth-order valence-electron chi connectivity index (χ4n) is 3.73. The van der Waals surface area contributed by atoms with Crippen molar-refractivity contribution >= 4 is 46.4 Å². The van der Waals surface area contributed by atoms with Crippen molar-refractivity contribution in [2.45, 2.75) is 33.5 Å². The van der Waals surface area contributed by atoms with E-state index in [0.717, 1.165) is 35.7 Å². The lowest BCUT2D eigenvalue weighted by molar-refractivity contribution is -0.676. The van der Waals surface area contributed by atoms with Crippen molar-refractivity contribution in [3.8, 4) is 5.75 Å². The summed E-state index contributed by atoms with van der Waals surface area (Å²) in [5.41, 5.74) is 9.03. The van der Waals surface area contributed by atoms with Gasteiger partial charge in [-0.2, -0.15) is 0 Å². The van der Waals surface area contributed by atoms with Crippen molar-refractivity contribution in [2.75, 3.05) is 31.2 Å². The van der Waals surface area contributed by atoms with Crippen LogP contribution >= 0.6 is 11.6 Å². The molecule has 0 saturated carbocycles.